The number of methoxy groups -OCH3 is 1. The normalized spacial score (nSPS) is 39.6. The van der Waals surface area contributed by atoms with Crippen LogP contribution in [0.25, 0.3) is 0 Å². The topological polar surface area (TPSA) is 77.4 Å². The summed E-state index contributed by atoms with van der Waals surface area (Å²) in [5.74, 6) is -0.742. The molecule has 0 unspecified atom stereocenters. The molecule has 0 spiro atoms. The van der Waals surface area contributed by atoms with Gasteiger partial charge in [0.15, 0.2) is 12.1 Å². The first kappa shape index (κ1) is 13.9. The molecule has 0 saturated carbocycles. The molecule has 2 saturated heterocycles. The van der Waals surface area contributed by atoms with Crippen molar-refractivity contribution in [2.75, 3.05) is 13.7 Å². The van der Waals surface area contributed by atoms with E-state index in [2.05, 4.69) is 6.58 Å². The van der Waals surface area contributed by atoms with E-state index in [1.807, 2.05) is 0 Å². The molecule has 5 atom stereocenters. The second kappa shape index (κ2) is 4.88. The Kier molecular flexibility index (Phi) is 3.77. The highest BCUT2D eigenvalue weighted by molar-refractivity contribution is 5.10. The van der Waals surface area contributed by atoms with Gasteiger partial charge >= 0.3 is 0 Å². The molecule has 2 N–H and O–H groups in total. The molecule has 104 valence electrons. The Morgan fingerprint density at radius 3 is 2.56 bits per heavy atom. The largest absolute Gasteiger partial charge is 0.392 e. The lowest BCUT2D eigenvalue weighted by Gasteiger charge is -2.26. The van der Waals surface area contributed by atoms with Gasteiger partial charge in [-0.25, -0.2) is 0 Å². The molecule has 2 heterocycles. The molecule has 18 heavy (non-hydrogen) atoms. The van der Waals surface area contributed by atoms with E-state index in [-0.39, 0.29) is 12.2 Å². The smallest absolute Gasteiger partial charge is 0.186 e. The van der Waals surface area contributed by atoms with Crippen molar-refractivity contribution in [2.24, 2.45) is 0 Å². The zero-order valence-electron chi connectivity index (χ0n) is 10.8. The maximum Gasteiger partial charge on any atom is 0.186 e. The van der Waals surface area contributed by atoms with Crippen LogP contribution in [0.2, 0.25) is 0 Å². The second-order valence-corrected chi connectivity index (χ2v) is 5.03. The lowest BCUT2D eigenvalue weighted by molar-refractivity contribution is -0.234. The molecule has 2 rings (SSSR count). The molecule has 2 aliphatic rings. The van der Waals surface area contributed by atoms with Crippen molar-refractivity contribution < 1.29 is 29.2 Å². The third-order valence-corrected chi connectivity index (χ3v) is 3.21. The van der Waals surface area contributed by atoms with Crippen molar-refractivity contribution in [3.05, 3.63) is 12.2 Å². The van der Waals surface area contributed by atoms with Crippen LogP contribution < -0.4 is 0 Å². The van der Waals surface area contributed by atoms with Gasteiger partial charge in [0, 0.05) is 7.11 Å². The van der Waals surface area contributed by atoms with E-state index < -0.39 is 36.5 Å². The monoisotopic (exact) mass is 260 g/mol. The van der Waals surface area contributed by atoms with Gasteiger partial charge in [-0.1, -0.05) is 6.58 Å². The quantitative estimate of drug-likeness (QED) is 0.681. The fourth-order valence-electron chi connectivity index (χ4n) is 2.36. The molecule has 0 aliphatic carbocycles. The van der Waals surface area contributed by atoms with Gasteiger partial charge in [0.25, 0.3) is 0 Å². The van der Waals surface area contributed by atoms with Crippen molar-refractivity contribution in [1.82, 2.24) is 0 Å². The Morgan fingerprint density at radius 2 is 2.00 bits per heavy atom. The first-order valence-corrected chi connectivity index (χ1v) is 5.90. The molecule has 0 radical (unpaired) electrons. The predicted octanol–water partition coefficient (Wildman–Crippen LogP) is -0.213. The van der Waals surface area contributed by atoms with Crippen LogP contribution >= 0.6 is 0 Å². The lowest BCUT2D eigenvalue weighted by atomic mass is 10.0. The molecule has 2 aliphatic heterocycles. The molecule has 6 heteroatoms. The number of aliphatic hydroxyl groups excluding tert-OH is 2. The van der Waals surface area contributed by atoms with Crippen molar-refractivity contribution in [3.8, 4) is 0 Å². The maximum absolute atomic E-state index is 10.1. The molecule has 0 aromatic rings. The van der Waals surface area contributed by atoms with Crippen molar-refractivity contribution in [1.29, 1.82) is 0 Å². The van der Waals surface area contributed by atoms with Gasteiger partial charge in [0.05, 0.1) is 6.61 Å². The van der Waals surface area contributed by atoms with E-state index in [9.17, 15) is 5.11 Å². The van der Waals surface area contributed by atoms with Gasteiger partial charge in [-0.15, -0.1) is 0 Å². The summed E-state index contributed by atoms with van der Waals surface area (Å²) in [5, 5.41) is 19.1. The van der Waals surface area contributed by atoms with E-state index in [0.717, 1.165) is 0 Å². The molecule has 2 fully saturated rings. The summed E-state index contributed by atoms with van der Waals surface area (Å²) in [7, 11) is 1.51. The Hall–Kier alpha value is -0.500. The van der Waals surface area contributed by atoms with E-state index in [4.69, 9.17) is 24.1 Å². The number of fused-ring (bicyclic) bond motifs is 1. The number of aliphatic hydroxyl groups is 2. The zero-order chi connectivity index (χ0) is 13.5. The minimum Gasteiger partial charge on any atom is -0.392 e. The summed E-state index contributed by atoms with van der Waals surface area (Å²) in [6.45, 7) is 6.88. The summed E-state index contributed by atoms with van der Waals surface area (Å²) >= 11 is 0. The second-order valence-electron chi connectivity index (χ2n) is 5.03. The van der Waals surface area contributed by atoms with Crippen LogP contribution in [-0.2, 0) is 18.9 Å². The first-order chi connectivity index (χ1) is 8.39. The minimum atomic E-state index is -1.01. The van der Waals surface area contributed by atoms with Gasteiger partial charge in [-0.2, -0.15) is 0 Å². The predicted molar refractivity (Wildman–Crippen MR) is 61.7 cm³/mol. The summed E-state index contributed by atoms with van der Waals surface area (Å²) in [6, 6.07) is 0. The van der Waals surface area contributed by atoms with Crippen LogP contribution in [0.4, 0.5) is 0 Å². The number of hydrogen-bond acceptors (Lipinski definition) is 6. The van der Waals surface area contributed by atoms with Gasteiger partial charge in [0.2, 0.25) is 0 Å². The molecular formula is C12H20O6. The van der Waals surface area contributed by atoms with Gasteiger partial charge in [-0.3, -0.25) is 0 Å². The van der Waals surface area contributed by atoms with Crippen molar-refractivity contribution in [3.63, 3.8) is 0 Å². The Balaban J connectivity index is 2.16. The van der Waals surface area contributed by atoms with E-state index in [1.54, 1.807) is 13.8 Å². The summed E-state index contributed by atoms with van der Waals surface area (Å²) < 4.78 is 22.2. The van der Waals surface area contributed by atoms with E-state index >= 15 is 0 Å². The van der Waals surface area contributed by atoms with Crippen LogP contribution in [0.1, 0.15) is 13.8 Å². The van der Waals surface area contributed by atoms with Gasteiger partial charge in [0.1, 0.15) is 24.4 Å². The van der Waals surface area contributed by atoms with Crippen molar-refractivity contribution in [2.45, 2.75) is 50.3 Å². The number of ether oxygens (including phenoxy) is 4. The molecule has 0 amide bonds. The maximum atomic E-state index is 10.1. The van der Waals surface area contributed by atoms with Gasteiger partial charge in [-0.05, 0) is 19.4 Å². The van der Waals surface area contributed by atoms with E-state index in [0.29, 0.717) is 0 Å². The van der Waals surface area contributed by atoms with Crippen LogP contribution in [0.15, 0.2) is 12.2 Å². The number of rotatable bonds is 4. The van der Waals surface area contributed by atoms with Crippen LogP contribution in [0.5, 0.6) is 0 Å². The van der Waals surface area contributed by atoms with Crippen LogP contribution in [0.3, 0.4) is 0 Å². The third kappa shape index (κ3) is 2.32. The number of hydrogen-bond donors (Lipinski definition) is 2. The highest BCUT2D eigenvalue weighted by Gasteiger charge is 2.57. The minimum absolute atomic E-state index is 0.281. The highest BCUT2D eigenvalue weighted by Crippen LogP contribution is 2.40. The fraction of sp³-hybridized carbons (Fsp3) is 0.833. The molecule has 0 bridgehead atoms. The zero-order valence-corrected chi connectivity index (χ0v) is 10.8. The molecular weight excluding hydrogens is 240 g/mol. The molecule has 6 nitrogen and oxygen atoms in total. The summed E-state index contributed by atoms with van der Waals surface area (Å²) in [5.41, 5.74) is 0.281. The average molecular weight is 260 g/mol. The summed E-state index contributed by atoms with van der Waals surface area (Å²) in [4.78, 5) is 0. The average Bonchev–Trinajstić information content (AvgIpc) is 2.80. The third-order valence-electron chi connectivity index (χ3n) is 3.21. The Bertz CT molecular complexity index is 329. The van der Waals surface area contributed by atoms with Crippen LogP contribution in [0, 0.1) is 0 Å². The van der Waals surface area contributed by atoms with Gasteiger partial charge < -0.3 is 29.2 Å². The van der Waals surface area contributed by atoms with E-state index in [1.165, 1.54) is 7.11 Å². The lowest BCUT2D eigenvalue weighted by Crippen LogP contribution is -2.40. The molecule has 0 aromatic heterocycles. The standard InChI is InChI=1S/C12H20O6/c1-6(5-13)7(14)8-9-10(11(15-4)16-8)18-12(2,3)17-9/h7-11,13-14H,1,5H2,2-4H3/t7-,8+,9-,10-,11-/m0/s1. The highest BCUT2D eigenvalue weighted by atomic mass is 16.8. The van der Waals surface area contributed by atoms with Crippen molar-refractivity contribution >= 4 is 0 Å². The molecule has 0 aromatic carbocycles. The first-order valence-electron chi connectivity index (χ1n) is 5.90. The fourth-order valence-corrected chi connectivity index (χ4v) is 2.36. The Labute approximate surface area is 106 Å². The van der Waals surface area contributed by atoms with Crippen LogP contribution in [-0.4, -0.2) is 60.4 Å². The Morgan fingerprint density at radius 1 is 1.39 bits per heavy atom. The SMILES string of the molecule is C=C(CO)[C@H](O)[C@H]1O[C@H](OC)[C@H]2OC(C)(C)O[C@H]21. The summed E-state index contributed by atoms with van der Waals surface area (Å²) in [6.07, 6.45) is -3.09.